The molecule has 56 valence electrons. The van der Waals surface area contributed by atoms with Crippen molar-refractivity contribution < 1.29 is 0 Å². The second-order valence-corrected chi connectivity index (χ2v) is 4.62. The summed E-state index contributed by atoms with van der Waals surface area (Å²) in [5, 5.41) is 3.23. The van der Waals surface area contributed by atoms with Crippen LogP contribution in [0.2, 0.25) is 0 Å². The molecule has 0 amide bonds. The monoisotopic (exact) mass is 265 g/mol. The van der Waals surface area contributed by atoms with Crippen LogP contribution in [0.15, 0.2) is 22.8 Å². The van der Waals surface area contributed by atoms with Gasteiger partial charge in [0.05, 0.1) is 6.04 Å². The Labute approximate surface area is 77.8 Å². The summed E-state index contributed by atoms with van der Waals surface area (Å²) in [6, 6.07) is 0.418. The summed E-state index contributed by atoms with van der Waals surface area (Å²) < 4.78 is 1.09. The highest BCUT2D eigenvalue weighted by atomic mass is 79.9. The molecule has 1 rings (SSSR count). The Morgan fingerprint density at radius 2 is 2.40 bits per heavy atom. The van der Waals surface area contributed by atoms with E-state index in [0.29, 0.717) is 10.9 Å². The Bertz CT molecular complexity index is 172. The molecule has 1 heterocycles. The topological polar surface area (TPSA) is 12.0 Å². The zero-order chi connectivity index (χ0) is 7.56. The van der Waals surface area contributed by atoms with E-state index in [1.54, 1.807) is 0 Å². The van der Waals surface area contributed by atoms with E-state index in [0.717, 1.165) is 4.48 Å². The quantitative estimate of drug-likeness (QED) is 0.720. The molecule has 0 fully saturated rings. The molecule has 0 aromatic carbocycles. The molecule has 0 bridgehead atoms. The average Bonchev–Trinajstić information content (AvgIpc) is 1.88. The van der Waals surface area contributed by atoms with E-state index in [1.807, 2.05) is 6.20 Å². The minimum Gasteiger partial charge on any atom is -0.383 e. The first-order chi connectivity index (χ1) is 4.70. The molecular formula is C7H9Br2N. The molecule has 0 spiro atoms. The van der Waals surface area contributed by atoms with Crippen molar-refractivity contribution in [3.8, 4) is 0 Å². The number of halogens is 2. The van der Waals surface area contributed by atoms with Gasteiger partial charge in [-0.1, -0.05) is 28.9 Å². The number of rotatable bonds is 1. The first-order valence-corrected chi connectivity index (χ1v) is 4.85. The largest absolute Gasteiger partial charge is 0.383 e. The molecule has 0 radical (unpaired) electrons. The van der Waals surface area contributed by atoms with Crippen LogP contribution in [0.3, 0.4) is 0 Å². The Balaban J connectivity index is 2.52. The van der Waals surface area contributed by atoms with Gasteiger partial charge < -0.3 is 5.32 Å². The maximum atomic E-state index is 3.50. The molecule has 1 aliphatic rings. The highest BCUT2D eigenvalue weighted by Gasteiger charge is 2.10. The number of hydrogen-bond donors (Lipinski definition) is 1. The first kappa shape index (κ1) is 8.34. The van der Waals surface area contributed by atoms with Crippen LogP contribution >= 0.6 is 31.9 Å². The molecular weight excluding hydrogens is 258 g/mol. The Kier molecular flexibility index (Phi) is 2.98. The molecule has 0 saturated heterocycles. The van der Waals surface area contributed by atoms with Crippen LogP contribution in [-0.2, 0) is 0 Å². The molecule has 3 heteroatoms. The minimum atomic E-state index is 0.418. The molecule has 0 aromatic heterocycles. The van der Waals surface area contributed by atoms with Gasteiger partial charge in [0.25, 0.3) is 0 Å². The molecule has 0 saturated carbocycles. The summed E-state index contributed by atoms with van der Waals surface area (Å²) in [5.74, 6) is 0. The van der Waals surface area contributed by atoms with Gasteiger partial charge in [-0.15, -0.1) is 0 Å². The molecule has 1 nitrogen and oxygen atoms in total. The van der Waals surface area contributed by atoms with Crippen LogP contribution in [-0.4, -0.2) is 10.9 Å². The van der Waals surface area contributed by atoms with Crippen molar-refractivity contribution in [2.75, 3.05) is 0 Å². The number of hydrogen-bond acceptors (Lipinski definition) is 1. The Hall–Kier alpha value is 0.240. The van der Waals surface area contributed by atoms with Crippen molar-refractivity contribution in [3.63, 3.8) is 0 Å². The minimum absolute atomic E-state index is 0.418. The zero-order valence-corrected chi connectivity index (χ0v) is 8.81. The third-order valence-corrected chi connectivity index (χ3v) is 2.43. The Morgan fingerprint density at radius 3 is 2.80 bits per heavy atom. The van der Waals surface area contributed by atoms with E-state index < -0.39 is 0 Å². The summed E-state index contributed by atoms with van der Waals surface area (Å²) in [5.41, 5.74) is 0. The van der Waals surface area contributed by atoms with Gasteiger partial charge in [-0.2, -0.15) is 0 Å². The molecule has 1 N–H and O–H groups in total. The van der Waals surface area contributed by atoms with Crippen molar-refractivity contribution in [1.82, 2.24) is 5.32 Å². The number of nitrogens with one attached hydrogen (secondary N) is 1. The maximum absolute atomic E-state index is 3.50. The van der Waals surface area contributed by atoms with Gasteiger partial charge in [0, 0.05) is 15.5 Å². The van der Waals surface area contributed by atoms with E-state index in [1.165, 1.54) is 0 Å². The standard InChI is InChI=1S/C7H9Br2N/c1-5(8)7-3-2-6(9)4-10-7/h2-5,7,10H,1H3. The highest BCUT2D eigenvalue weighted by molar-refractivity contribution is 9.11. The fraction of sp³-hybridized carbons (Fsp3) is 0.429. The lowest BCUT2D eigenvalue weighted by molar-refractivity contribution is 0.690. The van der Waals surface area contributed by atoms with Crippen LogP contribution in [0.1, 0.15) is 6.92 Å². The number of allylic oxidation sites excluding steroid dienone is 2. The van der Waals surface area contributed by atoms with Crippen molar-refractivity contribution in [2.24, 2.45) is 0 Å². The van der Waals surface area contributed by atoms with Crippen molar-refractivity contribution >= 4 is 31.9 Å². The molecule has 10 heavy (non-hydrogen) atoms. The summed E-state index contributed by atoms with van der Waals surface area (Å²) in [6.07, 6.45) is 6.14. The molecule has 1 aliphatic heterocycles. The smallest absolute Gasteiger partial charge is 0.0565 e. The predicted octanol–water partition coefficient (Wildman–Crippen LogP) is 2.53. The third kappa shape index (κ3) is 2.13. The highest BCUT2D eigenvalue weighted by Crippen LogP contribution is 2.14. The number of alkyl halides is 1. The Morgan fingerprint density at radius 1 is 1.70 bits per heavy atom. The maximum Gasteiger partial charge on any atom is 0.0565 e. The van der Waals surface area contributed by atoms with Crippen LogP contribution < -0.4 is 5.32 Å². The van der Waals surface area contributed by atoms with Crippen LogP contribution in [0, 0.1) is 0 Å². The fourth-order valence-corrected chi connectivity index (χ4v) is 1.37. The number of dihydropyridines is 1. The average molecular weight is 267 g/mol. The van der Waals surface area contributed by atoms with E-state index in [9.17, 15) is 0 Å². The predicted molar refractivity (Wildman–Crippen MR) is 51.5 cm³/mol. The van der Waals surface area contributed by atoms with Crippen LogP contribution in [0.25, 0.3) is 0 Å². The van der Waals surface area contributed by atoms with Gasteiger partial charge in [0.2, 0.25) is 0 Å². The lowest BCUT2D eigenvalue weighted by Gasteiger charge is -2.18. The summed E-state index contributed by atoms with van der Waals surface area (Å²) in [6.45, 7) is 2.12. The second kappa shape index (κ2) is 3.58. The molecule has 2 unspecified atom stereocenters. The van der Waals surface area contributed by atoms with Crippen LogP contribution in [0.4, 0.5) is 0 Å². The van der Waals surface area contributed by atoms with E-state index >= 15 is 0 Å². The van der Waals surface area contributed by atoms with E-state index in [2.05, 4.69) is 56.3 Å². The fourth-order valence-electron chi connectivity index (χ4n) is 0.761. The summed E-state index contributed by atoms with van der Waals surface area (Å²) in [4.78, 5) is 0.473. The second-order valence-electron chi connectivity index (χ2n) is 2.26. The lowest BCUT2D eigenvalue weighted by atomic mass is 10.2. The van der Waals surface area contributed by atoms with Crippen LogP contribution in [0.5, 0.6) is 0 Å². The van der Waals surface area contributed by atoms with Gasteiger partial charge in [-0.05, 0) is 22.0 Å². The third-order valence-electron chi connectivity index (χ3n) is 1.37. The van der Waals surface area contributed by atoms with E-state index in [-0.39, 0.29) is 0 Å². The summed E-state index contributed by atoms with van der Waals surface area (Å²) in [7, 11) is 0. The van der Waals surface area contributed by atoms with Gasteiger partial charge >= 0.3 is 0 Å². The van der Waals surface area contributed by atoms with Crippen molar-refractivity contribution in [1.29, 1.82) is 0 Å². The van der Waals surface area contributed by atoms with Crippen molar-refractivity contribution in [2.45, 2.75) is 17.8 Å². The molecule has 2 atom stereocenters. The SMILES string of the molecule is CC(Br)C1C=CC(Br)=CN1. The lowest BCUT2D eigenvalue weighted by Crippen LogP contribution is -2.31. The van der Waals surface area contributed by atoms with Gasteiger partial charge in [-0.25, -0.2) is 0 Å². The zero-order valence-electron chi connectivity index (χ0n) is 5.64. The van der Waals surface area contributed by atoms with Gasteiger partial charge in [-0.3, -0.25) is 0 Å². The summed E-state index contributed by atoms with van der Waals surface area (Å²) >= 11 is 6.86. The van der Waals surface area contributed by atoms with Gasteiger partial charge in [0.15, 0.2) is 0 Å². The van der Waals surface area contributed by atoms with Gasteiger partial charge in [0.1, 0.15) is 0 Å². The van der Waals surface area contributed by atoms with E-state index in [4.69, 9.17) is 0 Å². The molecule has 0 aromatic rings. The van der Waals surface area contributed by atoms with Crippen molar-refractivity contribution in [3.05, 3.63) is 22.8 Å². The normalized spacial score (nSPS) is 27.1. The molecule has 0 aliphatic carbocycles. The first-order valence-electron chi connectivity index (χ1n) is 3.14.